The molecule has 0 aromatic heterocycles. The number of carbonyl (C=O) groups excluding carboxylic acids is 2. The number of carboxylic acids is 2. The van der Waals surface area contributed by atoms with Gasteiger partial charge in [-0.25, -0.2) is 9.59 Å². The van der Waals surface area contributed by atoms with Crippen LogP contribution < -0.4 is 0 Å². The normalized spacial score (nSPS) is 15.3. The van der Waals surface area contributed by atoms with Crippen LogP contribution in [0.1, 0.15) is 33.1 Å². The minimum absolute atomic E-state index is 0.0363. The van der Waals surface area contributed by atoms with Gasteiger partial charge in [0.25, 0.3) is 0 Å². The third kappa shape index (κ3) is 5.60. The maximum absolute atomic E-state index is 11.9. The first-order valence-corrected chi connectivity index (χ1v) is 7.06. The number of hydrogen-bond donors (Lipinski definition) is 2. The van der Waals surface area contributed by atoms with Gasteiger partial charge in [-0.1, -0.05) is 0 Å². The molecule has 10 nitrogen and oxygen atoms in total. The van der Waals surface area contributed by atoms with Crippen LogP contribution in [0, 0.1) is 5.41 Å². The van der Waals surface area contributed by atoms with E-state index in [1.165, 1.54) is 13.8 Å². The van der Waals surface area contributed by atoms with Crippen molar-refractivity contribution in [1.82, 2.24) is 0 Å². The average molecular weight is 350 g/mol. The maximum atomic E-state index is 11.9. The monoisotopic (exact) mass is 350 g/mol. The van der Waals surface area contributed by atoms with Crippen LogP contribution in [0.25, 0.3) is 0 Å². The van der Waals surface area contributed by atoms with E-state index in [1.54, 1.807) is 0 Å². The summed E-state index contributed by atoms with van der Waals surface area (Å²) in [5.74, 6) is -2.53. The lowest BCUT2D eigenvalue weighted by Gasteiger charge is -2.38. The van der Waals surface area contributed by atoms with E-state index in [1.807, 2.05) is 0 Å². The van der Waals surface area contributed by atoms with Crippen molar-refractivity contribution < 1.29 is 48.3 Å². The van der Waals surface area contributed by atoms with Crippen LogP contribution in [-0.4, -0.2) is 60.9 Å². The smallest absolute Gasteiger partial charge is 0.481 e. The predicted molar refractivity (Wildman–Crippen MR) is 77.5 cm³/mol. The third-order valence-electron chi connectivity index (χ3n) is 3.71. The molecule has 0 spiro atoms. The van der Waals surface area contributed by atoms with Gasteiger partial charge in [-0.15, -0.1) is 0 Å². The average Bonchev–Trinajstić information content (AvgIpc) is 2.50. The molecular formula is C14H22O10. The number of aliphatic carboxylic acids is 2. The Hall–Kier alpha value is -2.52. The lowest BCUT2D eigenvalue weighted by Crippen LogP contribution is -2.52. The molecule has 0 bridgehead atoms. The van der Waals surface area contributed by atoms with E-state index in [-0.39, 0.29) is 19.3 Å². The van der Waals surface area contributed by atoms with Crippen LogP contribution in [0.15, 0.2) is 0 Å². The molecule has 0 aliphatic rings. The molecule has 2 unspecified atom stereocenters. The van der Waals surface area contributed by atoms with Crippen molar-refractivity contribution in [3.05, 3.63) is 0 Å². The number of carboxylic acid groups (broad SMARTS) is 2. The number of carbonyl (C=O) groups is 4. The molecule has 0 aromatic carbocycles. The van der Waals surface area contributed by atoms with Crippen LogP contribution in [0.2, 0.25) is 0 Å². The minimum Gasteiger partial charge on any atom is -0.481 e. The molecule has 0 aliphatic heterocycles. The standard InChI is InChI=1S/C14H22O10/c1-8(23-12(19)21-3)14(11(17)18,7-5-6-10(15)16)9(2)24-13(20)22-4/h8-9H,5-7H2,1-4H3,(H,15,16)(H,17,18). The first-order valence-electron chi connectivity index (χ1n) is 7.06. The van der Waals surface area contributed by atoms with Crippen molar-refractivity contribution in [3.63, 3.8) is 0 Å². The van der Waals surface area contributed by atoms with Gasteiger partial charge >= 0.3 is 24.2 Å². The quantitative estimate of drug-likeness (QED) is 0.588. The topological polar surface area (TPSA) is 146 Å². The Labute approximate surface area is 138 Å². The van der Waals surface area contributed by atoms with Gasteiger partial charge in [0, 0.05) is 6.42 Å². The predicted octanol–water partition coefficient (Wildman–Crippen LogP) is 1.66. The van der Waals surface area contributed by atoms with Gasteiger partial charge in [-0.05, 0) is 26.7 Å². The highest BCUT2D eigenvalue weighted by molar-refractivity contribution is 5.77. The molecule has 0 saturated carbocycles. The van der Waals surface area contributed by atoms with Crippen molar-refractivity contribution >= 4 is 24.2 Å². The SMILES string of the molecule is COC(=O)OC(C)C(CCCC(=O)O)(C(=O)O)C(C)OC(=O)OC. The molecule has 0 fully saturated rings. The van der Waals surface area contributed by atoms with Gasteiger partial charge in [0.2, 0.25) is 0 Å². The van der Waals surface area contributed by atoms with Gasteiger partial charge in [0.15, 0.2) is 0 Å². The highest BCUT2D eigenvalue weighted by Crippen LogP contribution is 2.37. The van der Waals surface area contributed by atoms with Crippen molar-refractivity contribution in [2.45, 2.75) is 45.3 Å². The van der Waals surface area contributed by atoms with Crippen LogP contribution >= 0.6 is 0 Å². The fourth-order valence-corrected chi connectivity index (χ4v) is 2.32. The molecule has 138 valence electrons. The number of ether oxygens (including phenoxy) is 4. The summed E-state index contributed by atoms with van der Waals surface area (Å²) in [5.41, 5.74) is -1.88. The summed E-state index contributed by atoms with van der Waals surface area (Å²) in [4.78, 5) is 45.2. The summed E-state index contributed by atoms with van der Waals surface area (Å²) in [5, 5.41) is 18.4. The third-order valence-corrected chi connectivity index (χ3v) is 3.71. The molecule has 24 heavy (non-hydrogen) atoms. The van der Waals surface area contributed by atoms with Crippen LogP contribution in [0.3, 0.4) is 0 Å². The zero-order valence-electron chi connectivity index (χ0n) is 13.9. The second kappa shape index (κ2) is 9.58. The van der Waals surface area contributed by atoms with E-state index in [0.717, 1.165) is 14.2 Å². The largest absolute Gasteiger partial charge is 0.508 e. The van der Waals surface area contributed by atoms with Crippen LogP contribution in [0.5, 0.6) is 0 Å². The van der Waals surface area contributed by atoms with Gasteiger partial charge in [-0.3, -0.25) is 9.59 Å². The van der Waals surface area contributed by atoms with Gasteiger partial charge in [0.05, 0.1) is 14.2 Å². The molecule has 2 N–H and O–H groups in total. The fourth-order valence-electron chi connectivity index (χ4n) is 2.32. The lowest BCUT2D eigenvalue weighted by molar-refractivity contribution is -0.171. The van der Waals surface area contributed by atoms with E-state index in [0.29, 0.717) is 0 Å². The summed E-state index contributed by atoms with van der Waals surface area (Å²) in [7, 11) is 2.10. The summed E-state index contributed by atoms with van der Waals surface area (Å²) in [6.07, 6.45) is -5.32. The molecule has 0 heterocycles. The highest BCUT2D eigenvalue weighted by Gasteiger charge is 2.52. The molecular weight excluding hydrogens is 328 g/mol. The molecule has 2 atom stereocenters. The summed E-state index contributed by atoms with van der Waals surface area (Å²) in [6.45, 7) is 2.59. The number of rotatable bonds is 9. The zero-order valence-corrected chi connectivity index (χ0v) is 13.9. The van der Waals surface area contributed by atoms with Crippen LogP contribution in [0.4, 0.5) is 9.59 Å². The van der Waals surface area contributed by atoms with E-state index in [9.17, 15) is 24.3 Å². The molecule has 0 aromatic rings. The Kier molecular flexibility index (Phi) is 8.58. The Morgan fingerprint density at radius 1 is 0.917 bits per heavy atom. The van der Waals surface area contributed by atoms with Gasteiger partial charge in [-0.2, -0.15) is 0 Å². The number of methoxy groups -OCH3 is 2. The Balaban J connectivity index is 5.59. The lowest BCUT2D eigenvalue weighted by atomic mass is 9.73. The summed E-state index contributed by atoms with van der Waals surface area (Å²) in [6, 6.07) is 0. The number of hydrogen-bond acceptors (Lipinski definition) is 8. The van der Waals surface area contributed by atoms with E-state index in [2.05, 4.69) is 9.47 Å². The molecule has 0 rings (SSSR count). The van der Waals surface area contributed by atoms with Crippen molar-refractivity contribution in [1.29, 1.82) is 0 Å². The first-order chi connectivity index (χ1) is 11.1. The highest BCUT2D eigenvalue weighted by atomic mass is 16.7. The summed E-state index contributed by atoms with van der Waals surface area (Å²) < 4.78 is 18.5. The van der Waals surface area contributed by atoms with Crippen LogP contribution in [-0.2, 0) is 28.5 Å². The van der Waals surface area contributed by atoms with E-state index in [4.69, 9.17) is 14.6 Å². The Morgan fingerprint density at radius 3 is 1.62 bits per heavy atom. The molecule has 0 amide bonds. The molecule has 10 heteroatoms. The first kappa shape index (κ1) is 21.5. The maximum Gasteiger partial charge on any atom is 0.508 e. The van der Waals surface area contributed by atoms with E-state index >= 15 is 0 Å². The second-order valence-electron chi connectivity index (χ2n) is 5.02. The van der Waals surface area contributed by atoms with E-state index < -0.39 is 41.9 Å². The zero-order chi connectivity index (χ0) is 18.9. The fraction of sp³-hybridized carbons (Fsp3) is 0.714. The Bertz CT molecular complexity index is 448. The second-order valence-corrected chi connectivity index (χ2v) is 5.02. The van der Waals surface area contributed by atoms with Crippen molar-refractivity contribution in [3.8, 4) is 0 Å². The summed E-state index contributed by atoms with van der Waals surface area (Å²) >= 11 is 0. The van der Waals surface area contributed by atoms with Gasteiger partial charge in [0.1, 0.15) is 17.6 Å². The van der Waals surface area contributed by atoms with Crippen molar-refractivity contribution in [2.75, 3.05) is 14.2 Å². The minimum atomic E-state index is -1.88. The molecule has 0 saturated heterocycles. The van der Waals surface area contributed by atoms with Crippen molar-refractivity contribution in [2.24, 2.45) is 5.41 Å². The molecule has 0 radical (unpaired) electrons. The Morgan fingerprint density at radius 2 is 1.33 bits per heavy atom. The van der Waals surface area contributed by atoms with Gasteiger partial charge < -0.3 is 29.2 Å². The molecule has 0 aliphatic carbocycles.